The fraction of sp³-hybridized carbons (Fsp3) is 0.111. The van der Waals surface area contributed by atoms with E-state index in [1.54, 1.807) is 36.4 Å². The summed E-state index contributed by atoms with van der Waals surface area (Å²) in [5.74, 6) is 0.957. The van der Waals surface area contributed by atoms with Crippen LogP contribution in [0.2, 0.25) is 0 Å². The zero-order valence-electron chi connectivity index (χ0n) is 13.9. The van der Waals surface area contributed by atoms with Crippen molar-refractivity contribution in [1.29, 1.82) is 0 Å². The van der Waals surface area contributed by atoms with Crippen LogP contribution in [-0.2, 0) is 0 Å². The van der Waals surface area contributed by atoms with E-state index in [9.17, 15) is 10.2 Å². The standard InChI is InChI=1S/C18H19N3O4/c1-24-15-10-12(11-16(25-2)17(15)23)4-3-9-20-21-18(19)13-5-7-14(22)8-6-13/h3-11,22-23H,1-2H3,(H2,19,21)/b4-3+,20-9-. The molecular weight excluding hydrogens is 322 g/mol. The number of hydrogen-bond donors (Lipinski definition) is 3. The van der Waals surface area contributed by atoms with Gasteiger partial charge in [0.2, 0.25) is 5.75 Å². The summed E-state index contributed by atoms with van der Waals surface area (Å²) in [7, 11) is 2.93. The molecule has 130 valence electrons. The second-order valence-electron chi connectivity index (χ2n) is 4.93. The van der Waals surface area contributed by atoms with Crippen LogP contribution in [0.1, 0.15) is 11.1 Å². The first-order valence-corrected chi connectivity index (χ1v) is 7.32. The molecule has 2 aromatic carbocycles. The third-order valence-corrected chi connectivity index (χ3v) is 3.27. The van der Waals surface area contributed by atoms with E-state index in [1.165, 1.54) is 32.6 Å². The molecule has 0 radical (unpaired) electrons. The Morgan fingerprint density at radius 1 is 1.04 bits per heavy atom. The second-order valence-corrected chi connectivity index (χ2v) is 4.93. The van der Waals surface area contributed by atoms with E-state index in [4.69, 9.17) is 15.2 Å². The Hall–Kier alpha value is -3.48. The minimum atomic E-state index is -0.0536. The van der Waals surface area contributed by atoms with Crippen molar-refractivity contribution >= 4 is 18.1 Å². The molecule has 7 heteroatoms. The van der Waals surface area contributed by atoms with Crippen molar-refractivity contribution in [1.82, 2.24) is 0 Å². The van der Waals surface area contributed by atoms with Crippen LogP contribution in [0.5, 0.6) is 23.0 Å². The van der Waals surface area contributed by atoms with Gasteiger partial charge in [0.15, 0.2) is 17.3 Å². The predicted molar refractivity (Wildman–Crippen MR) is 97.6 cm³/mol. The molecule has 0 unspecified atom stereocenters. The van der Waals surface area contributed by atoms with Crippen LogP contribution in [0.25, 0.3) is 6.08 Å². The first-order chi connectivity index (χ1) is 12.0. The summed E-state index contributed by atoms with van der Waals surface area (Å²) >= 11 is 0. The molecule has 0 aliphatic carbocycles. The van der Waals surface area contributed by atoms with Crippen molar-refractivity contribution < 1.29 is 19.7 Å². The molecule has 0 spiro atoms. The number of phenolic OH excluding ortho intramolecular Hbond substituents is 2. The van der Waals surface area contributed by atoms with Gasteiger partial charge in [0.1, 0.15) is 5.75 Å². The fourth-order valence-electron chi connectivity index (χ4n) is 1.99. The summed E-state index contributed by atoms with van der Waals surface area (Å²) in [5.41, 5.74) is 7.22. The number of benzene rings is 2. The van der Waals surface area contributed by atoms with E-state index in [0.717, 1.165) is 5.56 Å². The maximum Gasteiger partial charge on any atom is 0.200 e. The molecule has 0 aliphatic rings. The Balaban J connectivity index is 2.08. The number of amidine groups is 1. The monoisotopic (exact) mass is 341 g/mol. The number of methoxy groups -OCH3 is 2. The minimum absolute atomic E-state index is 0.0536. The van der Waals surface area contributed by atoms with Crippen LogP contribution >= 0.6 is 0 Å². The summed E-state index contributed by atoms with van der Waals surface area (Å²) in [6.45, 7) is 0. The van der Waals surface area contributed by atoms with Gasteiger partial charge < -0.3 is 25.4 Å². The summed E-state index contributed by atoms with van der Waals surface area (Å²) < 4.78 is 10.2. The number of nitrogens with zero attached hydrogens (tertiary/aromatic N) is 2. The molecule has 0 atom stereocenters. The molecule has 25 heavy (non-hydrogen) atoms. The van der Waals surface area contributed by atoms with Gasteiger partial charge in [-0.1, -0.05) is 6.08 Å². The SMILES string of the molecule is COc1cc(/C=C/C=N\N=C(/N)c2ccc(O)cc2)cc(OC)c1O. The molecule has 2 rings (SSSR count). The summed E-state index contributed by atoms with van der Waals surface area (Å²) in [4.78, 5) is 0. The summed E-state index contributed by atoms with van der Waals surface area (Å²) in [6.07, 6.45) is 4.89. The lowest BCUT2D eigenvalue weighted by atomic mass is 10.1. The Morgan fingerprint density at radius 2 is 1.64 bits per heavy atom. The van der Waals surface area contributed by atoms with Gasteiger partial charge in [0, 0.05) is 11.8 Å². The molecular formula is C18H19N3O4. The first kappa shape index (κ1) is 17.9. The lowest BCUT2D eigenvalue weighted by Gasteiger charge is -2.09. The van der Waals surface area contributed by atoms with Gasteiger partial charge in [-0.2, -0.15) is 5.10 Å². The Morgan fingerprint density at radius 3 is 2.20 bits per heavy atom. The zero-order chi connectivity index (χ0) is 18.2. The average Bonchev–Trinajstić information content (AvgIpc) is 2.62. The van der Waals surface area contributed by atoms with E-state index in [0.29, 0.717) is 17.1 Å². The lowest BCUT2D eigenvalue weighted by Crippen LogP contribution is -2.12. The molecule has 7 nitrogen and oxygen atoms in total. The van der Waals surface area contributed by atoms with E-state index < -0.39 is 0 Å². The minimum Gasteiger partial charge on any atom is -0.508 e. The lowest BCUT2D eigenvalue weighted by molar-refractivity contribution is 0.340. The predicted octanol–water partition coefficient (Wildman–Crippen LogP) is 2.52. The van der Waals surface area contributed by atoms with Crippen molar-refractivity contribution in [3.63, 3.8) is 0 Å². The largest absolute Gasteiger partial charge is 0.508 e. The van der Waals surface area contributed by atoms with Crippen LogP contribution in [0, 0.1) is 0 Å². The number of rotatable bonds is 6. The van der Waals surface area contributed by atoms with E-state index >= 15 is 0 Å². The molecule has 0 saturated carbocycles. The number of allylic oxidation sites excluding steroid dienone is 1. The van der Waals surface area contributed by atoms with Crippen molar-refractivity contribution in [2.45, 2.75) is 0 Å². The fourth-order valence-corrected chi connectivity index (χ4v) is 1.99. The van der Waals surface area contributed by atoms with Gasteiger partial charge in [-0.15, -0.1) is 5.10 Å². The van der Waals surface area contributed by atoms with Crippen molar-refractivity contribution in [2.24, 2.45) is 15.9 Å². The molecule has 0 aromatic heterocycles. The number of nitrogens with two attached hydrogens (primary N) is 1. The number of ether oxygens (including phenoxy) is 2. The normalized spacial score (nSPS) is 12.0. The van der Waals surface area contributed by atoms with Crippen molar-refractivity contribution in [3.8, 4) is 23.0 Å². The molecule has 0 amide bonds. The van der Waals surface area contributed by atoms with Gasteiger partial charge in [0.05, 0.1) is 14.2 Å². The molecule has 2 aromatic rings. The van der Waals surface area contributed by atoms with Crippen LogP contribution < -0.4 is 15.2 Å². The highest BCUT2D eigenvalue weighted by molar-refractivity contribution is 5.97. The zero-order valence-corrected chi connectivity index (χ0v) is 13.9. The molecule has 4 N–H and O–H groups in total. The summed E-state index contributed by atoms with van der Waals surface area (Å²) in [5, 5.41) is 26.8. The highest BCUT2D eigenvalue weighted by Gasteiger charge is 2.09. The first-order valence-electron chi connectivity index (χ1n) is 7.32. The molecule has 0 bridgehead atoms. The number of aromatic hydroxyl groups is 2. The Kier molecular flexibility index (Phi) is 6.00. The Bertz CT molecular complexity index is 787. The average molecular weight is 341 g/mol. The maximum atomic E-state index is 9.86. The van der Waals surface area contributed by atoms with Gasteiger partial charge in [-0.3, -0.25) is 0 Å². The third-order valence-electron chi connectivity index (χ3n) is 3.27. The number of phenols is 2. The smallest absolute Gasteiger partial charge is 0.200 e. The van der Waals surface area contributed by atoms with Crippen LogP contribution in [0.4, 0.5) is 0 Å². The molecule has 0 fully saturated rings. The highest BCUT2D eigenvalue weighted by Crippen LogP contribution is 2.37. The topological polar surface area (TPSA) is 110 Å². The third kappa shape index (κ3) is 4.74. The van der Waals surface area contributed by atoms with Gasteiger partial charge in [-0.25, -0.2) is 0 Å². The quantitative estimate of drug-likeness (QED) is 0.425. The van der Waals surface area contributed by atoms with Crippen molar-refractivity contribution in [3.05, 3.63) is 53.6 Å². The summed E-state index contributed by atoms with van der Waals surface area (Å²) in [6, 6.07) is 9.66. The maximum absolute atomic E-state index is 9.86. The number of hydrogen-bond acceptors (Lipinski definition) is 6. The second kappa shape index (κ2) is 8.39. The van der Waals surface area contributed by atoms with Crippen LogP contribution in [0.3, 0.4) is 0 Å². The molecule has 0 aliphatic heterocycles. The van der Waals surface area contributed by atoms with E-state index in [2.05, 4.69) is 10.2 Å². The molecule has 0 heterocycles. The molecule has 0 saturated heterocycles. The Labute approximate surface area is 145 Å². The van der Waals surface area contributed by atoms with Crippen molar-refractivity contribution in [2.75, 3.05) is 14.2 Å². The van der Waals surface area contributed by atoms with Crippen LogP contribution in [-0.4, -0.2) is 36.5 Å². The van der Waals surface area contributed by atoms with Gasteiger partial charge in [0.25, 0.3) is 0 Å². The van der Waals surface area contributed by atoms with Crippen LogP contribution in [0.15, 0.2) is 52.7 Å². The van der Waals surface area contributed by atoms with Gasteiger partial charge in [-0.05, 0) is 48.0 Å². The highest BCUT2D eigenvalue weighted by atomic mass is 16.5. The van der Waals surface area contributed by atoms with Gasteiger partial charge >= 0.3 is 0 Å². The van der Waals surface area contributed by atoms with E-state index in [-0.39, 0.29) is 17.3 Å². The van der Waals surface area contributed by atoms with E-state index in [1.807, 2.05) is 0 Å².